The second kappa shape index (κ2) is 15.0. The van der Waals surface area contributed by atoms with Crippen LogP contribution in [0.25, 0.3) is 78.3 Å². The Balaban J connectivity index is 0.978. The molecule has 282 valence electrons. The van der Waals surface area contributed by atoms with Gasteiger partial charge in [0.25, 0.3) is 0 Å². The molecule has 0 saturated carbocycles. The second-order valence-corrected chi connectivity index (χ2v) is 14.8. The highest BCUT2D eigenvalue weighted by Crippen LogP contribution is 2.50. The lowest BCUT2D eigenvalue weighted by Crippen LogP contribution is -2.09. The molecule has 0 atom stereocenters. The fourth-order valence-electron chi connectivity index (χ4n) is 8.23. The summed E-state index contributed by atoms with van der Waals surface area (Å²) >= 11 is 0. The Hall–Kier alpha value is -8.15. The molecule has 60 heavy (non-hydrogen) atoms. The Kier molecular flexibility index (Phi) is 8.75. The number of benzene rings is 9. The van der Waals surface area contributed by atoms with Crippen LogP contribution in [0.2, 0.25) is 0 Å². The molecular weight excluding hydrogens is 733 g/mol. The smallest absolute Gasteiger partial charge is 0.164 e. The van der Waals surface area contributed by atoms with Gasteiger partial charge in [0.05, 0.1) is 0 Å². The SMILES string of the molecule is c1ccc(-c2cccc(N(c3ccccc3)c3ccc(-c4ccc5c6c(cccc46)-c4cc(-c6nc(-c7ccccc7)nc(-c7ccccc7)n6)ccc4O5)cc3)c2)cc1. The van der Waals surface area contributed by atoms with Crippen LogP contribution < -0.4 is 9.64 Å². The molecule has 2 heterocycles. The molecule has 0 fully saturated rings. The number of rotatable bonds is 8. The van der Waals surface area contributed by atoms with E-state index in [1.165, 1.54) is 11.1 Å². The highest BCUT2D eigenvalue weighted by Gasteiger charge is 2.24. The zero-order valence-electron chi connectivity index (χ0n) is 32.5. The van der Waals surface area contributed by atoms with Gasteiger partial charge in [-0.2, -0.15) is 0 Å². The second-order valence-electron chi connectivity index (χ2n) is 14.8. The first-order chi connectivity index (χ1) is 29.7. The summed E-state index contributed by atoms with van der Waals surface area (Å²) in [6.45, 7) is 0. The van der Waals surface area contributed by atoms with Crippen LogP contribution in [0.4, 0.5) is 17.1 Å². The van der Waals surface area contributed by atoms with Crippen LogP contribution in [0.3, 0.4) is 0 Å². The number of ether oxygens (including phenoxy) is 1. The molecule has 0 amide bonds. The Morgan fingerprint density at radius 3 is 1.48 bits per heavy atom. The summed E-state index contributed by atoms with van der Waals surface area (Å²) in [5.74, 6) is 3.50. The summed E-state index contributed by atoms with van der Waals surface area (Å²) in [4.78, 5) is 17.2. The van der Waals surface area contributed by atoms with E-state index in [0.29, 0.717) is 17.5 Å². The summed E-state index contributed by atoms with van der Waals surface area (Å²) < 4.78 is 6.65. The summed E-state index contributed by atoms with van der Waals surface area (Å²) in [6, 6.07) is 75.8. The van der Waals surface area contributed by atoms with Crippen molar-refractivity contribution in [1.82, 2.24) is 15.0 Å². The number of hydrogen-bond acceptors (Lipinski definition) is 5. The highest BCUT2D eigenvalue weighted by atomic mass is 16.5. The first-order valence-electron chi connectivity index (χ1n) is 20.1. The zero-order valence-corrected chi connectivity index (χ0v) is 32.5. The van der Waals surface area contributed by atoms with Crippen molar-refractivity contribution in [2.75, 3.05) is 4.90 Å². The van der Waals surface area contributed by atoms with E-state index in [2.05, 4.69) is 150 Å². The van der Waals surface area contributed by atoms with Crippen LogP contribution in [0, 0.1) is 0 Å². The number of nitrogens with zero attached hydrogens (tertiary/aromatic N) is 4. The molecular formula is C55H36N4O. The predicted octanol–water partition coefficient (Wildman–Crippen LogP) is 14.6. The summed E-state index contributed by atoms with van der Waals surface area (Å²) in [5.41, 5.74) is 12.8. The molecule has 1 aliphatic rings. The largest absolute Gasteiger partial charge is 0.456 e. The molecule has 0 N–H and O–H groups in total. The third kappa shape index (κ3) is 6.45. The van der Waals surface area contributed by atoms with E-state index in [1.54, 1.807) is 0 Å². The van der Waals surface area contributed by atoms with Crippen molar-refractivity contribution >= 4 is 27.8 Å². The molecule has 1 aromatic heterocycles. The standard InChI is InChI=1S/C55H36N4O/c1-5-15-37(16-6-1)41-21-13-24-45(35-41)59(43-22-11-4-12-23-43)44-30-27-38(28-31-44)46-32-34-51-52-47(46)25-14-26-48(52)49-36-42(29-33-50(49)60-51)55-57-53(39-17-7-2-8-18-39)56-54(58-55)40-19-9-3-10-20-40/h1-36H. The number of hydrogen-bond donors (Lipinski definition) is 0. The highest BCUT2D eigenvalue weighted by molar-refractivity contribution is 6.10. The van der Waals surface area contributed by atoms with Crippen molar-refractivity contribution in [2.45, 2.75) is 0 Å². The van der Waals surface area contributed by atoms with Gasteiger partial charge in [0.2, 0.25) is 0 Å². The molecule has 1 aliphatic heterocycles. The monoisotopic (exact) mass is 768 g/mol. The van der Waals surface area contributed by atoms with Gasteiger partial charge in [-0.3, -0.25) is 0 Å². The molecule has 5 heteroatoms. The molecule has 9 aromatic carbocycles. The van der Waals surface area contributed by atoms with E-state index in [4.69, 9.17) is 19.7 Å². The topological polar surface area (TPSA) is 51.1 Å². The van der Waals surface area contributed by atoms with Crippen molar-refractivity contribution < 1.29 is 4.74 Å². The van der Waals surface area contributed by atoms with Crippen LogP contribution in [0.5, 0.6) is 11.5 Å². The molecule has 0 spiro atoms. The molecule has 0 saturated heterocycles. The number of aromatic nitrogens is 3. The maximum absolute atomic E-state index is 6.65. The van der Waals surface area contributed by atoms with Crippen molar-refractivity contribution in [3.05, 3.63) is 218 Å². The molecule has 0 radical (unpaired) electrons. The van der Waals surface area contributed by atoms with E-state index >= 15 is 0 Å². The van der Waals surface area contributed by atoms with Crippen LogP contribution >= 0.6 is 0 Å². The predicted molar refractivity (Wildman–Crippen MR) is 245 cm³/mol. The van der Waals surface area contributed by atoms with Gasteiger partial charge in [-0.25, -0.2) is 15.0 Å². The fraction of sp³-hybridized carbons (Fsp3) is 0. The van der Waals surface area contributed by atoms with Gasteiger partial charge < -0.3 is 9.64 Å². The first-order valence-corrected chi connectivity index (χ1v) is 20.1. The van der Waals surface area contributed by atoms with Gasteiger partial charge in [0, 0.05) is 44.7 Å². The molecule has 11 rings (SSSR count). The lowest BCUT2D eigenvalue weighted by molar-refractivity contribution is 0.487. The third-order valence-electron chi connectivity index (χ3n) is 11.1. The lowest BCUT2D eigenvalue weighted by Gasteiger charge is -2.26. The molecule has 0 bridgehead atoms. The Morgan fingerprint density at radius 2 is 0.817 bits per heavy atom. The zero-order chi connectivity index (χ0) is 39.8. The van der Waals surface area contributed by atoms with Gasteiger partial charge in [-0.1, -0.05) is 158 Å². The van der Waals surface area contributed by atoms with E-state index < -0.39 is 0 Å². The van der Waals surface area contributed by atoms with E-state index in [9.17, 15) is 0 Å². The van der Waals surface area contributed by atoms with Crippen molar-refractivity contribution in [2.24, 2.45) is 0 Å². The summed E-state index contributed by atoms with van der Waals surface area (Å²) in [6.07, 6.45) is 0. The van der Waals surface area contributed by atoms with E-state index in [1.807, 2.05) is 72.8 Å². The van der Waals surface area contributed by atoms with E-state index in [-0.39, 0.29) is 0 Å². The van der Waals surface area contributed by atoms with Crippen molar-refractivity contribution in [3.8, 4) is 79.0 Å². The molecule has 5 nitrogen and oxygen atoms in total. The average Bonchev–Trinajstić information content (AvgIpc) is 3.33. The minimum atomic E-state index is 0.605. The van der Waals surface area contributed by atoms with Gasteiger partial charge >= 0.3 is 0 Å². The Morgan fingerprint density at radius 1 is 0.300 bits per heavy atom. The summed E-state index contributed by atoms with van der Waals surface area (Å²) in [5, 5.41) is 2.21. The minimum Gasteiger partial charge on any atom is -0.456 e. The molecule has 0 aliphatic carbocycles. The van der Waals surface area contributed by atoms with Crippen molar-refractivity contribution in [1.29, 1.82) is 0 Å². The number of fused-ring (bicyclic) bond motifs is 2. The van der Waals surface area contributed by atoms with Gasteiger partial charge in [-0.15, -0.1) is 0 Å². The first kappa shape index (κ1) is 35.0. The molecule has 0 unspecified atom stereocenters. The van der Waals surface area contributed by atoms with Crippen LogP contribution in [-0.4, -0.2) is 15.0 Å². The maximum atomic E-state index is 6.65. The third-order valence-corrected chi connectivity index (χ3v) is 11.1. The van der Waals surface area contributed by atoms with Crippen LogP contribution in [-0.2, 0) is 0 Å². The average molecular weight is 769 g/mol. The quantitative estimate of drug-likeness (QED) is 0.154. The summed E-state index contributed by atoms with van der Waals surface area (Å²) in [7, 11) is 0. The van der Waals surface area contributed by atoms with E-state index in [0.717, 1.165) is 78.3 Å². The van der Waals surface area contributed by atoms with Crippen LogP contribution in [0.15, 0.2) is 218 Å². The number of anilines is 3. The van der Waals surface area contributed by atoms with Gasteiger partial charge in [-0.05, 0) is 93.9 Å². The normalized spacial score (nSPS) is 11.5. The van der Waals surface area contributed by atoms with Crippen molar-refractivity contribution in [3.63, 3.8) is 0 Å². The Labute approximate surface area is 348 Å². The van der Waals surface area contributed by atoms with Gasteiger partial charge in [0.15, 0.2) is 17.5 Å². The number of para-hydroxylation sites is 1. The minimum absolute atomic E-state index is 0.605. The van der Waals surface area contributed by atoms with Gasteiger partial charge in [0.1, 0.15) is 11.5 Å². The molecule has 10 aromatic rings. The van der Waals surface area contributed by atoms with Crippen LogP contribution in [0.1, 0.15) is 0 Å². The lowest BCUT2D eigenvalue weighted by atomic mass is 9.90. The maximum Gasteiger partial charge on any atom is 0.164 e. The Bertz CT molecular complexity index is 3100. The fourth-order valence-corrected chi connectivity index (χ4v) is 8.23.